The molecule has 5 atom stereocenters. The summed E-state index contributed by atoms with van der Waals surface area (Å²) in [7, 11) is 0. The van der Waals surface area contributed by atoms with Gasteiger partial charge in [0.05, 0.1) is 33.0 Å². The maximum atomic E-state index is 11.9. The molecule has 4 aromatic rings. The number of alkyl halides is 2. The second kappa shape index (κ2) is 15.8. The van der Waals surface area contributed by atoms with Gasteiger partial charge in [-0.2, -0.15) is 0 Å². The predicted molar refractivity (Wildman–Crippen MR) is 166 cm³/mol. The van der Waals surface area contributed by atoms with Gasteiger partial charge < -0.3 is 28.8 Å². The minimum Gasteiger partial charge on any atom is -0.374 e. The van der Waals surface area contributed by atoms with Gasteiger partial charge in [-0.25, -0.2) is 0 Å². The average Bonchev–Trinajstić information content (AvgIpc) is 3.04. The van der Waals surface area contributed by atoms with Crippen LogP contribution >= 0.6 is 23.2 Å². The molecule has 1 heterocycles. The number of ether oxygens (including phenoxy) is 5. The first-order valence-corrected chi connectivity index (χ1v) is 15.2. The average molecular weight is 624 g/mol. The molecule has 0 aromatic heterocycles. The third-order valence-electron chi connectivity index (χ3n) is 7.29. The van der Waals surface area contributed by atoms with Gasteiger partial charge in [-0.3, -0.25) is 0 Å². The molecule has 0 spiro atoms. The molecule has 5 rings (SSSR count). The Labute approximate surface area is 263 Å². The summed E-state index contributed by atoms with van der Waals surface area (Å²) >= 11 is 12.9. The van der Waals surface area contributed by atoms with Crippen LogP contribution in [0.15, 0.2) is 121 Å². The normalized spacial score (nSPS) is 23.8. The highest BCUT2D eigenvalue weighted by molar-refractivity contribution is 6.45. The Kier molecular flexibility index (Phi) is 11.6. The molecule has 1 aliphatic heterocycles. The Balaban J connectivity index is 1.45. The molecule has 8 heteroatoms. The fraction of sp³-hybridized carbons (Fsp3) is 0.314. The monoisotopic (exact) mass is 622 g/mol. The van der Waals surface area contributed by atoms with E-state index in [1.807, 2.05) is 121 Å². The zero-order valence-corrected chi connectivity index (χ0v) is 25.2. The van der Waals surface area contributed by atoms with Crippen molar-refractivity contribution < 1.29 is 28.8 Å². The fourth-order valence-electron chi connectivity index (χ4n) is 5.06. The molecule has 1 fully saturated rings. The van der Waals surface area contributed by atoms with Crippen molar-refractivity contribution in [1.82, 2.24) is 0 Å². The minimum absolute atomic E-state index is 0.0910. The smallest absolute Gasteiger partial charge is 0.226 e. The van der Waals surface area contributed by atoms with Gasteiger partial charge in [-0.05, 0) is 22.3 Å². The quantitative estimate of drug-likeness (QED) is 0.155. The molecule has 6 nitrogen and oxygen atoms in total. The fourth-order valence-corrected chi connectivity index (χ4v) is 5.41. The third kappa shape index (κ3) is 8.66. The first kappa shape index (κ1) is 31.6. The largest absolute Gasteiger partial charge is 0.374 e. The van der Waals surface area contributed by atoms with Crippen molar-refractivity contribution in [3.8, 4) is 0 Å². The lowest BCUT2D eigenvalue weighted by molar-refractivity contribution is -0.365. The van der Waals surface area contributed by atoms with Crippen molar-refractivity contribution >= 4 is 23.2 Å². The lowest BCUT2D eigenvalue weighted by atomic mass is 9.92. The highest BCUT2D eigenvalue weighted by Crippen LogP contribution is 2.40. The molecule has 0 amide bonds. The van der Waals surface area contributed by atoms with Crippen LogP contribution in [0, 0.1) is 0 Å². The summed E-state index contributed by atoms with van der Waals surface area (Å²) < 4.78 is 31.8. The van der Waals surface area contributed by atoms with E-state index in [0.717, 1.165) is 22.3 Å². The second-order valence-corrected chi connectivity index (χ2v) is 11.5. The zero-order chi connectivity index (χ0) is 29.9. The molecular weight excluding hydrogens is 587 g/mol. The summed E-state index contributed by atoms with van der Waals surface area (Å²) in [6.07, 6.45) is -3.40. The van der Waals surface area contributed by atoms with Crippen LogP contribution in [0.25, 0.3) is 0 Å². The van der Waals surface area contributed by atoms with Gasteiger partial charge in [0.2, 0.25) is 5.79 Å². The number of hydrogen-bond acceptors (Lipinski definition) is 6. The first-order valence-electron chi connectivity index (χ1n) is 14.3. The number of benzene rings is 4. The van der Waals surface area contributed by atoms with Crippen molar-refractivity contribution in [3.63, 3.8) is 0 Å². The summed E-state index contributed by atoms with van der Waals surface area (Å²) in [5.74, 6) is -2.12. The van der Waals surface area contributed by atoms with E-state index in [1.54, 1.807) is 0 Å². The SMILES string of the molecule is O[C@@]1(C(Cl)Cl)O[C@H](COCc2ccccc2)[C@@H](OCc2ccccc2)[C@H](OCc2ccccc2)[C@H]1OCc1ccccc1. The molecule has 4 aromatic carbocycles. The van der Waals surface area contributed by atoms with Crippen LogP contribution in [0.4, 0.5) is 0 Å². The van der Waals surface area contributed by atoms with Crippen LogP contribution in [0.2, 0.25) is 0 Å². The molecule has 0 saturated carbocycles. The summed E-state index contributed by atoms with van der Waals surface area (Å²) in [6.45, 7) is 1.13. The zero-order valence-electron chi connectivity index (χ0n) is 23.7. The highest BCUT2D eigenvalue weighted by Gasteiger charge is 2.59. The molecule has 226 valence electrons. The molecule has 1 aliphatic rings. The van der Waals surface area contributed by atoms with Crippen molar-refractivity contribution in [1.29, 1.82) is 0 Å². The Morgan fingerprint density at radius 1 is 0.581 bits per heavy atom. The van der Waals surface area contributed by atoms with E-state index in [2.05, 4.69) is 0 Å². The van der Waals surface area contributed by atoms with E-state index in [9.17, 15) is 5.11 Å². The van der Waals surface area contributed by atoms with Gasteiger partial charge in [-0.1, -0.05) is 145 Å². The molecular formula is C35H36Cl2O6. The van der Waals surface area contributed by atoms with Crippen LogP contribution < -0.4 is 0 Å². The lowest BCUT2D eigenvalue weighted by Crippen LogP contribution is -2.69. The summed E-state index contributed by atoms with van der Waals surface area (Å²) in [6, 6.07) is 39.1. The van der Waals surface area contributed by atoms with Crippen molar-refractivity contribution in [2.45, 2.75) is 61.5 Å². The van der Waals surface area contributed by atoms with Gasteiger partial charge in [0.1, 0.15) is 24.4 Å². The summed E-state index contributed by atoms with van der Waals surface area (Å²) in [4.78, 5) is -1.36. The van der Waals surface area contributed by atoms with Crippen LogP contribution in [-0.2, 0) is 50.1 Å². The summed E-state index contributed by atoms with van der Waals surface area (Å²) in [5.41, 5.74) is 3.83. The van der Waals surface area contributed by atoms with Gasteiger partial charge in [0, 0.05) is 0 Å². The van der Waals surface area contributed by atoms with Crippen molar-refractivity contribution in [2.24, 2.45) is 0 Å². The van der Waals surface area contributed by atoms with E-state index in [4.69, 9.17) is 46.9 Å². The Hall–Kier alpha value is -2.78. The topological polar surface area (TPSA) is 66.4 Å². The van der Waals surface area contributed by atoms with E-state index in [0.29, 0.717) is 6.61 Å². The van der Waals surface area contributed by atoms with E-state index in [-0.39, 0.29) is 26.4 Å². The van der Waals surface area contributed by atoms with Gasteiger partial charge >= 0.3 is 0 Å². The van der Waals surface area contributed by atoms with Crippen LogP contribution in [0.1, 0.15) is 22.3 Å². The maximum Gasteiger partial charge on any atom is 0.226 e. The molecule has 1 N–H and O–H groups in total. The maximum absolute atomic E-state index is 11.9. The van der Waals surface area contributed by atoms with Crippen molar-refractivity contribution in [2.75, 3.05) is 6.61 Å². The van der Waals surface area contributed by atoms with Gasteiger partial charge in [0.15, 0.2) is 4.84 Å². The second-order valence-electron chi connectivity index (χ2n) is 10.4. The molecule has 43 heavy (non-hydrogen) atoms. The van der Waals surface area contributed by atoms with E-state index >= 15 is 0 Å². The molecule has 0 bridgehead atoms. The first-order chi connectivity index (χ1) is 21.0. The Bertz CT molecular complexity index is 1350. The standard InChI is InChI=1S/C35H36Cl2O6/c36-34(37)35(38)33(42-24-29-19-11-4-12-20-29)32(41-23-28-17-9-3-10-18-28)31(40-22-27-15-7-2-8-16-27)30(43-35)25-39-21-26-13-5-1-6-14-26/h1-20,30-34,38H,21-25H2/t30-,31-,32+,33-,35-/m1/s1. The highest BCUT2D eigenvalue weighted by atomic mass is 35.5. The summed E-state index contributed by atoms with van der Waals surface area (Å²) in [5, 5.41) is 11.9. The number of hydrogen-bond donors (Lipinski definition) is 1. The molecule has 0 radical (unpaired) electrons. The van der Waals surface area contributed by atoms with Crippen LogP contribution in [0.5, 0.6) is 0 Å². The van der Waals surface area contributed by atoms with Crippen molar-refractivity contribution in [3.05, 3.63) is 144 Å². The van der Waals surface area contributed by atoms with Crippen LogP contribution in [0.3, 0.4) is 0 Å². The molecule has 0 unspecified atom stereocenters. The van der Waals surface area contributed by atoms with Crippen LogP contribution in [-0.4, -0.2) is 46.8 Å². The van der Waals surface area contributed by atoms with E-state index < -0.39 is 35.0 Å². The van der Waals surface area contributed by atoms with E-state index in [1.165, 1.54) is 0 Å². The Morgan fingerprint density at radius 2 is 0.977 bits per heavy atom. The Morgan fingerprint density at radius 3 is 1.42 bits per heavy atom. The predicted octanol–water partition coefficient (Wildman–Crippen LogP) is 6.85. The number of aliphatic hydroxyl groups is 1. The minimum atomic E-state index is -2.12. The lowest BCUT2D eigenvalue weighted by Gasteiger charge is -2.50. The number of rotatable bonds is 14. The molecule has 0 aliphatic carbocycles. The number of halogens is 2. The molecule has 1 saturated heterocycles. The van der Waals surface area contributed by atoms with Gasteiger partial charge in [0.25, 0.3) is 0 Å². The van der Waals surface area contributed by atoms with Gasteiger partial charge in [-0.15, -0.1) is 0 Å². The third-order valence-corrected chi connectivity index (χ3v) is 7.91.